The van der Waals surface area contributed by atoms with Crippen LogP contribution in [0.2, 0.25) is 0 Å². The van der Waals surface area contributed by atoms with Gasteiger partial charge in [-0.15, -0.1) is 0 Å². The Kier molecular flexibility index (Phi) is 5.94. The number of esters is 1. The summed E-state index contributed by atoms with van der Waals surface area (Å²) in [5, 5.41) is 0. The molecule has 5 rings (SSSR count). The Morgan fingerprint density at radius 3 is 2.23 bits per heavy atom. The zero-order valence-electron chi connectivity index (χ0n) is 20.5. The highest BCUT2D eigenvalue weighted by atomic mass is 16.6. The average molecular weight is 427 g/mol. The Morgan fingerprint density at radius 2 is 1.71 bits per heavy atom. The summed E-state index contributed by atoms with van der Waals surface area (Å²) in [6.07, 6.45) is 8.32. The van der Waals surface area contributed by atoms with Crippen LogP contribution < -0.4 is 4.74 Å². The summed E-state index contributed by atoms with van der Waals surface area (Å²) < 4.78 is 12.3. The van der Waals surface area contributed by atoms with E-state index in [4.69, 9.17) is 9.47 Å². The van der Waals surface area contributed by atoms with Gasteiger partial charge in [0.1, 0.15) is 11.4 Å². The molecule has 4 aliphatic rings. The van der Waals surface area contributed by atoms with E-state index in [9.17, 15) is 4.79 Å². The van der Waals surface area contributed by atoms with Crippen molar-refractivity contribution in [3.8, 4) is 5.75 Å². The third-order valence-corrected chi connectivity index (χ3v) is 8.41. The zero-order chi connectivity index (χ0) is 22.4. The molecule has 4 aliphatic carbocycles. The summed E-state index contributed by atoms with van der Waals surface area (Å²) >= 11 is 0. The van der Waals surface area contributed by atoms with Crippen molar-refractivity contribution in [3.63, 3.8) is 0 Å². The van der Waals surface area contributed by atoms with Crippen LogP contribution in [0.15, 0.2) is 24.3 Å². The van der Waals surface area contributed by atoms with E-state index in [1.165, 1.54) is 37.7 Å². The lowest BCUT2D eigenvalue weighted by Crippen LogP contribution is -2.63. The van der Waals surface area contributed by atoms with Crippen molar-refractivity contribution in [2.45, 2.75) is 98.0 Å². The van der Waals surface area contributed by atoms with Gasteiger partial charge in [-0.1, -0.05) is 53.7 Å². The third-order valence-electron chi connectivity index (χ3n) is 8.41. The van der Waals surface area contributed by atoms with Crippen molar-refractivity contribution >= 4 is 5.97 Å². The summed E-state index contributed by atoms with van der Waals surface area (Å²) in [6, 6.07) is 8.16. The van der Waals surface area contributed by atoms with E-state index in [0.717, 1.165) is 24.5 Å². The van der Waals surface area contributed by atoms with Crippen LogP contribution >= 0.6 is 0 Å². The van der Waals surface area contributed by atoms with E-state index < -0.39 is 0 Å². The van der Waals surface area contributed by atoms with Gasteiger partial charge in [0, 0.05) is 0 Å². The summed E-state index contributed by atoms with van der Waals surface area (Å²) in [5.74, 6) is 2.91. The first kappa shape index (κ1) is 22.7. The molecule has 0 saturated heterocycles. The molecule has 4 saturated carbocycles. The van der Waals surface area contributed by atoms with Crippen LogP contribution in [0.4, 0.5) is 0 Å². The molecule has 3 nitrogen and oxygen atoms in total. The van der Waals surface area contributed by atoms with E-state index in [-0.39, 0.29) is 23.6 Å². The molecule has 0 N–H and O–H groups in total. The van der Waals surface area contributed by atoms with Gasteiger partial charge in [0.15, 0.2) is 6.61 Å². The Bertz CT molecular complexity index is 771. The summed E-state index contributed by atoms with van der Waals surface area (Å²) in [7, 11) is 0. The Morgan fingerprint density at radius 1 is 1.10 bits per heavy atom. The van der Waals surface area contributed by atoms with Crippen LogP contribution in [-0.2, 0) is 9.53 Å². The van der Waals surface area contributed by atoms with Gasteiger partial charge in [-0.25, -0.2) is 4.79 Å². The van der Waals surface area contributed by atoms with Crippen molar-refractivity contribution in [1.82, 2.24) is 0 Å². The maximum absolute atomic E-state index is 13.1. The molecule has 0 aliphatic heterocycles. The molecule has 0 aromatic heterocycles. The van der Waals surface area contributed by atoms with Gasteiger partial charge in [-0.05, 0) is 97.1 Å². The topological polar surface area (TPSA) is 35.5 Å². The molecular formula is C28H42O3. The molecular weight excluding hydrogens is 384 g/mol. The van der Waals surface area contributed by atoms with E-state index in [1.54, 1.807) is 0 Å². The van der Waals surface area contributed by atoms with Crippen molar-refractivity contribution in [3.05, 3.63) is 29.8 Å². The van der Waals surface area contributed by atoms with E-state index in [1.807, 2.05) is 12.1 Å². The molecule has 0 spiro atoms. The average Bonchev–Trinajstić information content (AvgIpc) is 2.68. The van der Waals surface area contributed by atoms with Gasteiger partial charge in [-0.3, -0.25) is 0 Å². The van der Waals surface area contributed by atoms with Crippen LogP contribution in [0.25, 0.3) is 0 Å². The first-order valence-corrected chi connectivity index (χ1v) is 12.5. The standard InChI is InChI=1S/C28H42O3/c1-7-19(2)21-8-10-24(11-9-21)30-17-25(29)31-28(18-26(3,4)5)22-12-20-13-23(28)16-27(6,14-20)15-22/h8-11,19-20,22-23H,7,12-18H2,1-6H3. The SMILES string of the molecule is CCC(C)c1ccc(OCC(=O)OC2(CC(C)(C)C)C3CC4CC2CC(C)(C4)C3)cc1. The number of hydrogen-bond donors (Lipinski definition) is 0. The number of carbonyl (C=O) groups is 1. The maximum atomic E-state index is 13.1. The monoisotopic (exact) mass is 426 g/mol. The molecule has 1 aromatic rings. The quantitative estimate of drug-likeness (QED) is 0.435. The number of hydrogen-bond acceptors (Lipinski definition) is 3. The maximum Gasteiger partial charge on any atom is 0.344 e. The molecule has 0 amide bonds. The lowest BCUT2D eigenvalue weighted by atomic mass is 9.43. The first-order chi connectivity index (χ1) is 14.5. The Balaban J connectivity index is 1.45. The fourth-order valence-electron chi connectivity index (χ4n) is 7.28. The van der Waals surface area contributed by atoms with E-state index >= 15 is 0 Å². The second kappa shape index (κ2) is 8.12. The smallest absolute Gasteiger partial charge is 0.344 e. The highest BCUT2D eigenvalue weighted by Gasteiger charge is 2.63. The molecule has 3 atom stereocenters. The van der Waals surface area contributed by atoms with Crippen LogP contribution in [0.3, 0.4) is 0 Å². The van der Waals surface area contributed by atoms with Gasteiger partial charge in [0.25, 0.3) is 0 Å². The number of ether oxygens (including phenoxy) is 2. The van der Waals surface area contributed by atoms with Gasteiger partial charge < -0.3 is 9.47 Å². The van der Waals surface area contributed by atoms with Gasteiger partial charge in [0.05, 0.1) is 0 Å². The molecule has 3 unspecified atom stereocenters. The Hall–Kier alpha value is -1.51. The number of carbonyl (C=O) groups excluding carboxylic acids is 1. The zero-order valence-corrected chi connectivity index (χ0v) is 20.5. The van der Waals surface area contributed by atoms with Crippen molar-refractivity contribution in [1.29, 1.82) is 0 Å². The summed E-state index contributed by atoms with van der Waals surface area (Å²) in [4.78, 5) is 13.1. The third kappa shape index (κ3) is 4.66. The van der Waals surface area contributed by atoms with Crippen molar-refractivity contribution in [2.75, 3.05) is 6.61 Å². The highest BCUT2D eigenvalue weighted by Crippen LogP contribution is 2.66. The number of benzene rings is 1. The minimum Gasteiger partial charge on any atom is -0.482 e. The molecule has 1 aromatic carbocycles. The van der Waals surface area contributed by atoms with Crippen molar-refractivity contribution < 1.29 is 14.3 Å². The minimum atomic E-state index is -0.310. The predicted octanol–water partition coefficient (Wildman–Crippen LogP) is 7.14. The molecule has 3 heteroatoms. The predicted molar refractivity (Wildman–Crippen MR) is 125 cm³/mol. The van der Waals surface area contributed by atoms with Crippen LogP contribution in [0.1, 0.15) is 98.0 Å². The van der Waals surface area contributed by atoms with E-state index in [0.29, 0.717) is 23.2 Å². The molecule has 4 fully saturated rings. The fourth-order valence-corrected chi connectivity index (χ4v) is 7.28. The second-order valence-corrected chi connectivity index (χ2v) is 12.5. The summed E-state index contributed by atoms with van der Waals surface area (Å²) in [6.45, 7) is 13.7. The largest absolute Gasteiger partial charge is 0.482 e. The van der Waals surface area contributed by atoms with Crippen molar-refractivity contribution in [2.24, 2.45) is 28.6 Å². The van der Waals surface area contributed by atoms with Crippen LogP contribution in [-0.4, -0.2) is 18.2 Å². The normalized spacial score (nSPS) is 35.1. The molecule has 0 radical (unpaired) electrons. The lowest BCUT2D eigenvalue weighted by molar-refractivity contribution is -0.233. The van der Waals surface area contributed by atoms with Gasteiger partial charge in [0.2, 0.25) is 0 Å². The highest BCUT2D eigenvalue weighted by molar-refractivity contribution is 5.72. The molecule has 4 bridgehead atoms. The fraction of sp³-hybridized carbons (Fsp3) is 0.750. The number of rotatable bonds is 7. The molecule has 31 heavy (non-hydrogen) atoms. The van der Waals surface area contributed by atoms with Gasteiger partial charge in [-0.2, -0.15) is 0 Å². The van der Waals surface area contributed by atoms with Gasteiger partial charge >= 0.3 is 5.97 Å². The molecule has 172 valence electrons. The first-order valence-electron chi connectivity index (χ1n) is 12.5. The lowest BCUT2D eigenvalue weighted by Gasteiger charge is -2.64. The van der Waals surface area contributed by atoms with Crippen LogP contribution in [0, 0.1) is 28.6 Å². The van der Waals surface area contributed by atoms with Crippen LogP contribution in [0.5, 0.6) is 5.75 Å². The second-order valence-electron chi connectivity index (χ2n) is 12.5. The van der Waals surface area contributed by atoms with E-state index in [2.05, 4.69) is 53.7 Å². The summed E-state index contributed by atoms with van der Waals surface area (Å²) in [5.41, 5.74) is 1.58. The Labute approximate surface area is 189 Å². The molecule has 0 heterocycles. The minimum absolute atomic E-state index is 0.00525.